The summed E-state index contributed by atoms with van der Waals surface area (Å²) < 4.78 is 4.79. The Labute approximate surface area is 128 Å². The van der Waals surface area contributed by atoms with Gasteiger partial charge < -0.3 is 15.1 Å². The molecule has 1 radical (unpaired) electrons. The van der Waals surface area contributed by atoms with Gasteiger partial charge in [0.25, 0.3) is 0 Å². The van der Waals surface area contributed by atoms with Gasteiger partial charge in [-0.25, -0.2) is 4.79 Å². The van der Waals surface area contributed by atoms with Crippen molar-refractivity contribution in [2.45, 2.75) is 40.1 Å². The molecule has 0 spiro atoms. The Bertz CT molecular complexity index is 414. The Morgan fingerprint density at radius 1 is 1.29 bits per heavy atom. The van der Waals surface area contributed by atoms with Gasteiger partial charge in [-0.2, -0.15) is 0 Å². The minimum atomic E-state index is -0.583. The Balaban J connectivity index is 4.68. The van der Waals surface area contributed by atoms with Gasteiger partial charge in [0.15, 0.2) is 0 Å². The number of carbonyl (C=O) groups excluding carboxylic acids is 1. The van der Waals surface area contributed by atoms with E-state index in [1.54, 1.807) is 13.0 Å². The van der Waals surface area contributed by atoms with Gasteiger partial charge in [-0.15, -0.1) is 0 Å². The molecular weight excluding hydrogens is 265 g/mol. The van der Waals surface area contributed by atoms with Crippen LogP contribution in [0.4, 0.5) is 4.79 Å². The van der Waals surface area contributed by atoms with E-state index in [9.17, 15) is 9.82 Å². The molecule has 0 aromatic rings. The molecule has 115 valence electrons. The number of carbonyl (C=O) groups is 1. The zero-order valence-electron chi connectivity index (χ0n) is 13.2. The molecule has 2 unspecified atom stereocenters. The number of nitrogens with one attached hydrogen (secondary N) is 1. The number of alkyl carbamates (subject to hydrolysis) is 1. The van der Waals surface area contributed by atoms with Crippen LogP contribution in [0.2, 0.25) is 0 Å². The van der Waals surface area contributed by atoms with Gasteiger partial charge in [-0.3, -0.25) is 0 Å². The summed E-state index contributed by atoms with van der Waals surface area (Å²) in [4.78, 5) is 11.5. The summed E-state index contributed by atoms with van der Waals surface area (Å²) in [5.41, 5.74) is 1.12. The lowest BCUT2D eigenvalue weighted by Crippen LogP contribution is -2.43. The molecule has 21 heavy (non-hydrogen) atoms. The third-order valence-corrected chi connectivity index (χ3v) is 2.81. The van der Waals surface area contributed by atoms with Crippen LogP contribution in [-0.2, 0) is 4.74 Å². The molecule has 0 bridgehead atoms. The summed E-state index contributed by atoms with van der Waals surface area (Å²) >= 11 is 0. The van der Waals surface area contributed by atoms with E-state index in [-0.39, 0.29) is 5.92 Å². The molecule has 0 rings (SSSR count). The van der Waals surface area contributed by atoms with Crippen molar-refractivity contribution >= 4 is 13.6 Å². The van der Waals surface area contributed by atoms with Crippen molar-refractivity contribution in [3.8, 4) is 0 Å². The Hall–Kier alpha value is -1.75. The highest BCUT2D eigenvalue weighted by Gasteiger charge is 2.21. The van der Waals surface area contributed by atoms with E-state index in [2.05, 4.69) is 5.32 Å². The summed E-state index contributed by atoms with van der Waals surface area (Å²) in [5.74, 6) is -0.442. The summed E-state index contributed by atoms with van der Waals surface area (Å²) in [6.45, 7) is 7.62. The molecule has 5 heteroatoms. The van der Waals surface area contributed by atoms with Gasteiger partial charge >= 0.3 is 13.6 Å². The van der Waals surface area contributed by atoms with E-state index in [0.717, 1.165) is 19.5 Å². The van der Waals surface area contributed by atoms with Crippen molar-refractivity contribution in [1.29, 1.82) is 0 Å². The van der Waals surface area contributed by atoms with Crippen LogP contribution in [0.5, 0.6) is 0 Å². The second-order valence-corrected chi connectivity index (χ2v) is 4.64. The first-order valence-electron chi connectivity index (χ1n) is 7.09. The fraction of sp³-hybridized carbons (Fsp3) is 0.438. The van der Waals surface area contributed by atoms with Crippen molar-refractivity contribution in [2.75, 3.05) is 0 Å². The highest BCUT2D eigenvalue weighted by molar-refractivity contribution is 6.28. The second kappa shape index (κ2) is 12.0. The van der Waals surface area contributed by atoms with E-state index in [1.165, 1.54) is 6.26 Å². The van der Waals surface area contributed by atoms with E-state index in [0.29, 0.717) is 0 Å². The predicted molar refractivity (Wildman–Crippen MR) is 87.7 cm³/mol. The second-order valence-electron chi connectivity index (χ2n) is 4.64. The standard InChI is InChI=1S/C16H25BNO3/c1-5-8-10-14(9-6-2)12-13(4)15(17-20)18-16(19)21-11-7-3/h5-11,13,15,20H,12H2,1-4H3,(H,18,19)/b8-5+,9-6-,11-7-,14-10+. The Morgan fingerprint density at radius 2 is 2.00 bits per heavy atom. The maximum absolute atomic E-state index is 11.5. The van der Waals surface area contributed by atoms with Gasteiger partial charge in [0.2, 0.25) is 0 Å². The van der Waals surface area contributed by atoms with Crippen LogP contribution in [0.15, 0.2) is 48.3 Å². The first-order valence-corrected chi connectivity index (χ1v) is 7.09. The predicted octanol–water partition coefficient (Wildman–Crippen LogP) is 3.29. The number of rotatable bonds is 8. The zero-order valence-corrected chi connectivity index (χ0v) is 13.2. The fourth-order valence-corrected chi connectivity index (χ4v) is 1.75. The van der Waals surface area contributed by atoms with Crippen LogP contribution in [0.1, 0.15) is 34.1 Å². The van der Waals surface area contributed by atoms with Gasteiger partial charge in [0.05, 0.1) is 6.26 Å². The van der Waals surface area contributed by atoms with Gasteiger partial charge in [0.1, 0.15) is 0 Å². The van der Waals surface area contributed by atoms with Crippen LogP contribution < -0.4 is 5.32 Å². The smallest absolute Gasteiger partial charge is 0.411 e. The lowest BCUT2D eigenvalue weighted by Gasteiger charge is -2.22. The van der Waals surface area contributed by atoms with Crippen molar-refractivity contribution < 1.29 is 14.6 Å². The summed E-state index contributed by atoms with van der Waals surface area (Å²) in [6.07, 6.45) is 13.0. The average molecular weight is 290 g/mol. The third kappa shape index (κ3) is 8.92. The lowest BCUT2D eigenvalue weighted by atomic mass is 9.76. The van der Waals surface area contributed by atoms with E-state index >= 15 is 0 Å². The number of allylic oxidation sites excluding steroid dienone is 7. The van der Waals surface area contributed by atoms with E-state index in [4.69, 9.17) is 4.74 Å². The minimum absolute atomic E-state index is 0.0286. The highest BCUT2D eigenvalue weighted by Crippen LogP contribution is 2.16. The monoisotopic (exact) mass is 290 g/mol. The van der Waals surface area contributed by atoms with Crippen LogP contribution in [-0.4, -0.2) is 24.5 Å². The number of ether oxygens (including phenoxy) is 1. The van der Waals surface area contributed by atoms with Crippen molar-refractivity contribution in [2.24, 2.45) is 5.92 Å². The Morgan fingerprint density at radius 3 is 2.52 bits per heavy atom. The molecule has 2 N–H and O–H groups in total. The number of amides is 1. The molecule has 0 aliphatic rings. The van der Waals surface area contributed by atoms with Gasteiger partial charge in [0, 0.05) is 5.94 Å². The Kier molecular flexibility index (Phi) is 11.0. The summed E-state index contributed by atoms with van der Waals surface area (Å²) in [7, 11) is 0.991. The molecule has 0 aliphatic carbocycles. The fourth-order valence-electron chi connectivity index (χ4n) is 1.75. The van der Waals surface area contributed by atoms with Crippen molar-refractivity contribution in [3.63, 3.8) is 0 Å². The number of hydrogen-bond donors (Lipinski definition) is 2. The molecule has 1 amide bonds. The van der Waals surface area contributed by atoms with Crippen LogP contribution >= 0.6 is 0 Å². The minimum Gasteiger partial charge on any atom is -0.452 e. The maximum Gasteiger partial charge on any atom is 0.411 e. The zero-order chi connectivity index (χ0) is 16.1. The normalized spacial score (nSPS) is 15.6. The SMILES string of the molecule is C/C=C\OC(=O)NC([B]O)C(C)CC(/C=C\C)=C/C=C/C. The molecule has 2 atom stereocenters. The molecular formula is C16H25BNO3. The highest BCUT2D eigenvalue weighted by atomic mass is 16.5. The van der Waals surface area contributed by atoms with E-state index in [1.807, 2.05) is 51.2 Å². The van der Waals surface area contributed by atoms with Crippen molar-refractivity contribution in [3.05, 3.63) is 48.3 Å². The van der Waals surface area contributed by atoms with E-state index < -0.39 is 12.0 Å². The molecule has 0 aliphatic heterocycles. The quantitative estimate of drug-likeness (QED) is 0.410. The first kappa shape index (κ1) is 19.3. The van der Waals surface area contributed by atoms with Crippen LogP contribution in [0.3, 0.4) is 0 Å². The van der Waals surface area contributed by atoms with Crippen LogP contribution in [0.25, 0.3) is 0 Å². The summed E-state index contributed by atoms with van der Waals surface area (Å²) in [5, 5.41) is 11.9. The lowest BCUT2D eigenvalue weighted by molar-refractivity contribution is 0.180. The molecule has 0 heterocycles. The molecule has 4 nitrogen and oxygen atoms in total. The van der Waals surface area contributed by atoms with Crippen LogP contribution in [0, 0.1) is 5.92 Å². The van der Waals surface area contributed by atoms with Gasteiger partial charge in [-0.05, 0) is 38.7 Å². The summed E-state index contributed by atoms with van der Waals surface area (Å²) in [6, 6.07) is 0. The molecule has 0 aromatic carbocycles. The third-order valence-electron chi connectivity index (χ3n) is 2.81. The van der Waals surface area contributed by atoms with Crippen molar-refractivity contribution in [1.82, 2.24) is 5.32 Å². The molecule has 0 saturated heterocycles. The maximum atomic E-state index is 11.5. The average Bonchev–Trinajstić information content (AvgIpc) is 2.48. The van der Waals surface area contributed by atoms with Gasteiger partial charge in [-0.1, -0.05) is 43.4 Å². The first-order chi connectivity index (χ1) is 10.1. The largest absolute Gasteiger partial charge is 0.452 e. The topological polar surface area (TPSA) is 58.6 Å². The number of hydrogen-bond acceptors (Lipinski definition) is 3. The molecule has 0 aromatic heterocycles. The molecule has 0 fully saturated rings. The molecule has 0 saturated carbocycles.